The van der Waals surface area contributed by atoms with E-state index in [1.54, 1.807) is 0 Å². The Morgan fingerprint density at radius 3 is 2.32 bits per heavy atom. The van der Waals surface area contributed by atoms with E-state index in [0.717, 1.165) is 0 Å². The molecule has 4 N–H and O–H groups in total. The van der Waals surface area contributed by atoms with Crippen molar-refractivity contribution in [3.63, 3.8) is 0 Å². The van der Waals surface area contributed by atoms with Crippen LogP contribution in [0.15, 0.2) is 12.0 Å². The first kappa shape index (κ1) is 19.1. The summed E-state index contributed by atoms with van der Waals surface area (Å²) in [5, 5.41) is 29.2. The summed E-state index contributed by atoms with van der Waals surface area (Å²) in [6.45, 7) is -0.201. The van der Waals surface area contributed by atoms with Gasteiger partial charge in [0.15, 0.2) is 12.0 Å². The molecule has 1 aliphatic rings. The van der Waals surface area contributed by atoms with E-state index in [0.29, 0.717) is 0 Å². The number of ether oxygens (including phenoxy) is 4. The molecule has 0 aromatic heterocycles. The van der Waals surface area contributed by atoms with Gasteiger partial charge in [0.05, 0.1) is 14.2 Å². The standard InChI is InChI=1S/C11H20O10S/c1-18-3-6(19-2)4-20-11-10(14)9(13)8(12)7(21-11)5-22(15,16)17/h3,7-14H,4-5H2,1-2H3,(H,15,16,17). The van der Waals surface area contributed by atoms with Gasteiger partial charge in [-0.3, -0.25) is 4.55 Å². The van der Waals surface area contributed by atoms with E-state index in [9.17, 15) is 23.7 Å². The summed E-state index contributed by atoms with van der Waals surface area (Å²) >= 11 is 0. The first-order valence-corrected chi connectivity index (χ1v) is 7.82. The van der Waals surface area contributed by atoms with E-state index in [1.807, 2.05) is 0 Å². The first-order chi connectivity index (χ1) is 10.2. The fourth-order valence-corrected chi connectivity index (χ4v) is 2.53. The number of hydrogen-bond acceptors (Lipinski definition) is 9. The van der Waals surface area contributed by atoms with Crippen LogP contribution in [0.2, 0.25) is 0 Å². The van der Waals surface area contributed by atoms with E-state index in [1.165, 1.54) is 20.5 Å². The van der Waals surface area contributed by atoms with Crippen LogP contribution in [-0.4, -0.2) is 85.6 Å². The molecule has 5 atom stereocenters. The van der Waals surface area contributed by atoms with Gasteiger partial charge in [-0.05, 0) is 0 Å². The predicted molar refractivity (Wildman–Crippen MR) is 71.2 cm³/mol. The fourth-order valence-electron chi connectivity index (χ4n) is 1.84. The van der Waals surface area contributed by atoms with Crippen molar-refractivity contribution >= 4 is 10.1 Å². The Morgan fingerprint density at radius 2 is 1.82 bits per heavy atom. The lowest BCUT2D eigenvalue weighted by atomic mass is 10.00. The van der Waals surface area contributed by atoms with Crippen molar-refractivity contribution in [3.05, 3.63) is 12.0 Å². The summed E-state index contributed by atoms with van der Waals surface area (Å²) in [5.74, 6) is -0.715. The minimum Gasteiger partial charge on any atom is -0.501 e. The zero-order valence-corrected chi connectivity index (χ0v) is 12.8. The minimum atomic E-state index is -4.45. The molecule has 0 amide bonds. The minimum absolute atomic E-state index is 0.201. The Balaban J connectivity index is 2.75. The molecule has 11 heteroatoms. The van der Waals surface area contributed by atoms with Gasteiger partial charge in [-0.25, -0.2) is 0 Å². The summed E-state index contributed by atoms with van der Waals surface area (Å²) in [4.78, 5) is 0. The highest BCUT2D eigenvalue weighted by atomic mass is 32.2. The average molecular weight is 344 g/mol. The fraction of sp³-hybridized carbons (Fsp3) is 0.818. The second-order valence-corrected chi connectivity index (χ2v) is 6.10. The zero-order valence-electron chi connectivity index (χ0n) is 12.0. The van der Waals surface area contributed by atoms with Gasteiger partial charge in [0.2, 0.25) is 0 Å². The van der Waals surface area contributed by atoms with Crippen LogP contribution in [-0.2, 0) is 29.1 Å². The smallest absolute Gasteiger partial charge is 0.267 e. The highest BCUT2D eigenvalue weighted by Crippen LogP contribution is 2.23. The maximum Gasteiger partial charge on any atom is 0.267 e. The van der Waals surface area contributed by atoms with Gasteiger partial charge in [0.25, 0.3) is 10.1 Å². The number of hydrogen-bond donors (Lipinski definition) is 4. The molecule has 1 saturated heterocycles. The van der Waals surface area contributed by atoms with Gasteiger partial charge < -0.3 is 34.3 Å². The van der Waals surface area contributed by atoms with Gasteiger partial charge in [-0.1, -0.05) is 0 Å². The normalized spacial score (nSPS) is 33.5. The molecule has 1 fully saturated rings. The summed E-state index contributed by atoms with van der Waals surface area (Å²) < 4.78 is 50.4. The van der Waals surface area contributed by atoms with Crippen molar-refractivity contribution in [1.82, 2.24) is 0 Å². The van der Waals surface area contributed by atoms with Crippen molar-refractivity contribution in [1.29, 1.82) is 0 Å². The Kier molecular flexibility index (Phi) is 6.99. The van der Waals surface area contributed by atoms with Gasteiger partial charge >= 0.3 is 0 Å². The Morgan fingerprint density at radius 1 is 1.18 bits per heavy atom. The summed E-state index contributed by atoms with van der Waals surface area (Å²) in [6.07, 6.45) is -6.68. The SMILES string of the molecule is COC=C(COC1OC(CS(=O)(=O)O)C(O)C(O)C1O)OC. The third kappa shape index (κ3) is 5.35. The molecule has 0 spiro atoms. The van der Waals surface area contributed by atoms with Crippen molar-refractivity contribution < 1.29 is 47.2 Å². The van der Waals surface area contributed by atoms with Crippen LogP contribution in [0.4, 0.5) is 0 Å². The maximum absolute atomic E-state index is 10.9. The molecule has 0 saturated carbocycles. The highest BCUT2D eigenvalue weighted by molar-refractivity contribution is 7.85. The molecular weight excluding hydrogens is 324 g/mol. The van der Waals surface area contributed by atoms with E-state index < -0.39 is 46.6 Å². The van der Waals surface area contributed by atoms with Crippen LogP contribution in [0.25, 0.3) is 0 Å². The lowest BCUT2D eigenvalue weighted by molar-refractivity contribution is -0.291. The number of aliphatic hydroxyl groups is 3. The molecular formula is C11H20O10S. The lowest BCUT2D eigenvalue weighted by Crippen LogP contribution is -2.59. The largest absolute Gasteiger partial charge is 0.501 e. The average Bonchev–Trinajstić information content (AvgIpc) is 2.43. The third-order valence-electron chi connectivity index (χ3n) is 2.94. The Bertz CT molecular complexity index is 475. The van der Waals surface area contributed by atoms with Crippen molar-refractivity contribution in [2.75, 3.05) is 26.6 Å². The van der Waals surface area contributed by atoms with Crippen LogP contribution in [0.5, 0.6) is 0 Å². The quantitative estimate of drug-likeness (QED) is 0.296. The molecule has 0 bridgehead atoms. The Hall–Kier alpha value is -0.950. The van der Waals surface area contributed by atoms with Gasteiger partial charge in [0.1, 0.15) is 43.0 Å². The first-order valence-electron chi connectivity index (χ1n) is 6.22. The van der Waals surface area contributed by atoms with Gasteiger partial charge in [-0.2, -0.15) is 8.42 Å². The number of rotatable bonds is 7. The van der Waals surface area contributed by atoms with Crippen molar-refractivity contribution in [2.24, 2.45) is 0 Å². The summed E-state index contributed by atoms with van der Waals surface area (Å²) in [6, 6.07) is 0. The highest BCUT2D eigenvalue weighted by Gasteiger charge is 2.45. The van der Waals surface area contributed by atoms with Gasteiger partial charge in [0, 0.05) is 0 Å². The van der Waals surface area contributed by atoms with Crippen LogP contribution >= 0.6 is 0 Å². The lowest BCUT2D eigenvalue weighted by Gasteiger charge is -2.39. The van der Waals surface area contributed by atoms with Crippen LogP contribution < -0.4 is 0 Å². The number of aliphatic hydroxyl groups excluding tert-OH is 3. The molecule has 1 aliphatic heterocycles. The van der Waals surface area contributed by atoms with Gasteiger partial charge in [-0.15, -0.1) is 0 Å². The molecule has 0 radical (unpaired) electrons. The van der Waals surface area contributed by atoms with Crippen LogP contribution in [0.3, 0.4) is 0 Å². The van der Waals surface area contributed by atoms with Crippen LogP contribution in [0, 0.1) is 0 Å². The molecule has 0 aromatic carbocycles. The summed E-state index contributed by atoms with van der Waals surface area (Å²) in [5.41, 5.74) is 0. The molecule has 0 aromatic rings. The van der Waals surface area contributed by atoms with E-state index in [2.05, 4.69) is 0 Å². The van der Waals surface area contributed by atoms with Crippen LogP contribution in [0.1, 0.15) is 0 Å². The van der Waals surface area contributed by atoms with E-state index in [-0.39, 0.29) is 12.4 Å². The Labute approximate surface area is 127 Å². The molecule has 5 unspecified atom stereocenters. The molecule has 10 nitrogen and oxygen atoms in total. The van der Waals surface area contributed by atoms with E-state index >= 15 is 0 Å². The molecule has 0 aliphatic carbocycles. The molecule has 130 valence electrons. The molecule has 1 rings (SSSR count). The van der Waals surface area contributed by atoms with Crippen molar-refractivity contribution in [2.45, 2.75) is 30.7 Å². The third-order valence-corrected chi connectivity index (χ3v) is 3.69. The number of methoxy groups -OCH3 is 2. The topological polar surface area (TPSA) is 152 Å². The summed E-state index contributed by atoms with van der Waals surface area (Å²) in [7, 11) is -1.72. The maximum atomic E-state index is 10.9. The zero-order chi connectivity index (χ0) is 16.9. The predicted octanol–water partition coefficient (Wildman–Crippen LogP) is -2.17. The van der Waals surface area contributed by atoms with Crippen molar-refractivity contribution in [3.8, 4) is 0 Å². The van der Waals surface area contributed by atoms with E-state index in [4.69, 9.17) is 23.5 Å². The molecule has 22 heavy (non-hydrogen) atoms. The monoisotopic (exact) mass is 344 g/mol. The second kappa shape index (κ2) is 8.06. The molecule has 1 heterocycles. The second-order valence-electron chi connectivity index (χ2n) is 4.60.